The normalized spacial score (nSPS) is 28.2. The molecule has 0 saturated heterocycles. The van der Waals surface area contributed by atoms with Crippen LogP contribution in [-0.4, -0.2) is 23.8 Å². The molecule has 5 heteroatoms. The maximum atomic E-state index is 12.6. The number of carbonyl (C=O) groups is 2. The molecule has 0 aliphatic heterocycles. The number of nitrogens with one attached hydrogen (secondary N) is 3. The molecule has 0 heterocycles. The average molecular weight is 418 g/mol. The predicted molar refractivity (Wildman–Crippen MR) is 125 cm³/mol. The van der Waals surface area contributed by atoms with E-state index >= 15 is 0 Å². The van der Waals surface area contributed by atoms with Gasteiger partial charge in [0.15, 0.2) is 5.78 Å². The summed E-state index contributed by atoms with van der Waals surface area (Å²) in [5, 5.41) is 10.1. The number of benzene rings is 2. The predicted octanol–water partition coefficient (Wildman–Crippen LogP) is 5.32. The second-order valence-electron chi connectivity index (χ2n) is 9.87. The van der Waals surface area contributed by atoms with Crippen LogP contribution in [0, 0.1) is 17.8 Å². The number of ketones is 1. The third kappa shape index (κ3) is 4.18. The van der Waals surface area contributed by atoms with E-state index in [1.165, 1.54) is 45.4 Å². The summed E-state index contributed by atoms with van der Waals surface area (Å²) < 4.78 is 0. The van der Waals surface area contributed by atoms with Crippen molar-refractivity contribution in [2.45, 2.75) is 51.0 Å². The zero-order chi connectivity index (χ0) is 21.4. The molecule has 4 saturated carbocycles. The molecule has 0 atom stereocenters. The zero-order valence-corrected chi connectivity index (χ0v) is 18.1. The van der Waals surface area contributed by atoms with E-state index < -0.39 is 0 Å². The Morgan fingerprint density at radius 2 is 1.39 bits per heavy atom. The maximum absolute atomic E-state index is 12.6. The van der Waals surface area contributed by atoms with E-state index in [1.54, 1.807) is 18.2 Å². The summed E-state index contributed by atoms with van der Waals surface area (Å²) in [6, 6.07) is 15.3. The van der Waals surface area contributed by atoms with E-state index in [9.17, 15) is 9.59 Å². The van der Waals surface area contributed by atoms with Crippen LogP contribution >= 0.6 is 0 Å². The van der Waals surface area contributed by atoms with Crippen molar-refractivity contribution in [1.29, 1.82) is 0 Å². The van der Waals surface area contributed by atoms with Crippen LogP contribution in [-0.2, 0) is 4.79 Å². The van der Waals surface area contributed by atoms with Gasteiger partial charge in [0.1, 0.15) is 0 Å². The molecule has 2 aromatic carbocycles. The molecular formula is C26H31N3O2. The Morgan fingerprint density at radius 3 is 2.00 bits per heavy atom. The van der Waals surface area contributed by atoms with Gasteiger partial charge in [-0.3, -0.25) is 9.59 Å². The first-order valence-electron chi connectivity index (χ1n) is 11.5. The van der Waals surface area contributed by atoms with E-state index in [4.69, 9.17) is 0 Å². The molecular weight excluding hydrogens is 386 g/mol. The van der Waals surface area contributed by atoms with Gasteiger partial charge in [-0.05, 0) is 87.5 Å². The number of anilines is 3. The topological polar surface area (TPSA) is 70.2 Å². The highest BCUT2D eigenvalue weighted by Gasteiger charge is 2.51. The van der Waals surface area contributed by atoms with Gasteiger partial charge in [-0.25, -0.2) is 0 Å². The van der Waals surface area contributed by atoms with Crippen LogP contribution in [0.15, 0.2) is 48.5 Å². The highest BCUT2D eigenvalue weighted by atomic mass is 16.2. The average Bonchev–Trinajstić information content (AvgIpc) is 2.72. The third-order valence-electron chi connectivity index (χ3n) is 7.38. The Labute approximate surface area is 184 Å². The molecule has 4 aliphatic carbocycles. The van der Waals surface area contributed by atoms with Crippen LogP contribution in [0.25, 0.3) is 0 Å². The van der Waals surface area contributed by atoms with Gasteiger partial charge in [-0.15, -0.1) is 0 Å². The van der Waals surface area contributed by atoms with E-state index in [-0.39, 0.29) is 23.8 Å². The van der Waals surface area contributed by atoms with Crippen LogP contribution in [0.3, 0.4) is 0 Å². The second-order valence-corrected chi connectivity index (χ2v) is 9.87. The van der Waals surface area contributed by atoms with Crippen molar-refractivity contribution in [3.63, 3.8) is 0 Å². The summed E-state index contributed by atoms with van der Waals surface area (Å²) in [5.74, 6) is 2.41. The van der Waals surface area contributed by atoms with Gasteiger partial charge in [-0.2, -0.15) is 0 Å². The lowest BCUT2D eigenvalue weighted by Gasteiger charge is -2.57. The van der Waals surface area contributed by atoms with Gasteiger partial charge >= 0.3 is 0 Å². The van der Waals surface area contributed by atoms with Crippen molar-refractivity contribution in [1.82, 2.24) is 0 Å². The van der Waals surface area contributed by atoms with Crippen LogP contribution in [0.4, 0.5) is 17.1 Å². The molecule has 31 heavy (non-hydrogen) atoms. The maximum Gasteiger partial charge on any atom is 0.243 e. The molecule has 0 spiro atoms. The lowest BCUT2D eigenvalue weighted by atomic mass is 9.53. The quantitative estimate of drug-likeness (QED) is 0.533. The fraction of sp³-hybridized carbons (Fsp3) is 0.462. The van der Waals surface area contributed by atoms with Crippen molar-refractivity contribution >= 4 is 28.8 Å². The molecule has 6 rings (SSSR count). The molecule has 4 fully saturated rings. The lowest BCUT2D eigenvalue weighted by Crippen LogP contribution is -2.54. The molecule has 162 valence electrons. The molecule has 5 nitrogen and oxygen atoms in total. The van der Waals surface area contributed by atoms with Crippen molar-refractivity contribution in [2.75, 3.05) is 22.5 Å². The van der Waals surface area contributed by atoms with E-state index in [0.717, 1.165) is 29.1 Å². The van der Waals surface area contributed by atoms with Gasteiger partial charge < -0.3 is 16.0 Å². The van der Waals surface area contributed by atoms with Crippen LogP contribution < -0.4 is 16.0 Å². The monoisotopic (exact) mass is 417 g/mol. The summed E-state index contributed by atoms with van der Waals surface area (Å²) in [4.78, 5) is 24.4. The number of Topliss-reactive ketones (excluding diaryl/α,β-unsaturated/α-hetero) is 1. The molecule has 0 radical (unpaired) electrons. The van der Waals surface area contributed by atoms with Crippen LogP contribution in [0.1, 0.15) is 55.8 Å². The minimum atomic E-state index is -0.168. The SMILES string of the molecule is CC(=O)c1ccccc1NC(=O)CNc1ccccc1NC12CC3CC(CC(C3)C1)C2. The molecule has 3 N–H and O–H groups in total. The van der Waals surface area contributed by atoms with Gasteiger partial charge in [-0.1, -0.05) is 24.3 Å². The highest BCUT2D eigenvalue weighted by molar-refractivity contribution is 6.04. The standard InChI is InChI=1S/C26H31N3O2/c1-17(30)21-6-2-3-7-22(21)28-25(31)16-27-23-8-4-5-9-24(23)29-26-13-18-10-19(14-26)12-20(11-18)15-26/h2-9,18-20,27,29H,10-16H2,1H3,(H,28,31). The summed E-state index contributed by atoms with van der Waals surface area (Å²) in [6.07, 6.45) is 8.08. The summed E-state index contributed by atoms with van der Waals surface area (Å²) in [5.41, 5.74) is 3.34. The lowest BCUT2D eigenvalue weighted by molar-refractivity contribution is -0.114. The first-order chi connectivity index (χ1) is 15.0. The number of amides is 1. The number of hydrogen-bond donors (Lipinski definition) is 3. The van der Waals surface area contributed by atoms with Crippen molar-refractivity contribution in [2.24, 2.45) is 17.8 Å². The van der Waals surface area contributed by atoms with Crippen molar-refractivity contribution < 1.29 is 9.59 Å². The van der Waals surface area contributed by atoms with E-state index in [1.807, 2.05) is 18.2 Å². The Kier molecular flexibility index (Phi) is 5.20. The van der Waals surface area contributed by atoms with Crippen LogP contribution in [0.5, 0.6) is 0 Å². The van der Waals surface area contributed by atoms with Crippen molar-refractivity contribution in [3.8, 4) is 0 Å². The Morgan fingerprint density at radius 1 is 0.839 bits per heavy atom. The minimum Gasteiger partial charge on any atom is -0.378 e. The van der Waals surface area contributed by atoms with Gasteiger partial charge in [0.05, 0.1) is 23.6 Å². The fourth-order valence-electron chi connectivity index (χ4n) is 6.56. The summed E-state index contributed by atoms with van der Waals surface area (Å²) in [6.45, 7) is 1.65. The Hall–Kier alpha value is -2.82. The number of carbonyl (C=O) groups excluding carboxylic acids is 2. The highest BCUT2D eigenvalue weighted by Crippen LogP contribution is 2.56. The Bertz CT molecular complexity index is 964. The van der Waals surface area contributed by atoms with Crippen LogP contribution in [0.2, 0.25) is 0 Å². The van der Waals surface area contributed by atoms with Gasteiger partial charge in [0.2, 0.25) is 5.91 Å². The second kappa shape index (κ2) is 8.03. The molecule has 2 aromatic rings. The number of para-hydroxylation sites is 3. The minimum absolute atomic E-state index is 0.0611. The smallest absolute Gasteiger partial charge is 0.243 e. The summed E-state index contributed by atoms with van der Waals surface area (Å²) in [7, 11) is 0. The molecule has 4 bridgehead atoms. The third-order valence-corrected chi connectivity index (χ3v) is 7.38. The largest absolute Gasteiger partial charge is 0.378 e. The van der Waals surface area contributed by atoms with E-state index in [0.29, 0.717) is 11.3 Å². The molecule has 4 aliphatic rings. The first-order valence-corrected chi connectivity index (χ1v) is 11.5. The molecule has 1 amide bonds. The molecule has 0 unspecified atom stereocenters. The molecule has 0 aromatic heterocycles. The van der Waals surface area contributed by atoms with Gasteiger partial charge in [0, 0.05) is 11.1 Å². The summed E-state index contributed by atoms with van der Waals surface area (Å²) >= 11 is 0. The zero-order valence-electron chi connectivity index (χ0n) is 18.1. The number of hydrogen-bond acceptors (Lipinski definition) is 4. The first kappa shape index (κ1) is 20.1. The number of rotatable bonds is 7. The van der Waals surface area contributed by atoms with Crippen molar-refractivity contribution in [3.05, 3.63) is 54.1 Å². The van der Waals surface area contributed by atoms with Gasteiger partial charge in [0.25, 0.3) is 0 Å². The fourth-order valence-corrected chi connectivity index (χ4v) is 6.56. The Balaban J connectivity index is 1.25. The van der Waals surface area contributed by atoms with E-state index in [2.05, 4.69) is 28.1 Å².